The molecule has 1 N–H and O–H groups in total. The molecule has 128 valence electrons. The lowest BCUT2D eigenvalue weighted by molar-refractivity contribution is -0.140. The van der Waals surface area contributed by atoms with Crippen LogP contribution in [0, 0.1) is 18.6 Å². The highest BCUT2D eigenvalue weighted by Crippen LogP contribution is 2.15. The number of halogens is 2. The first kappa shape index (κ1) is 17.6. The van der Waals surface area contributed by atoms with Crippen molar-refractivity contribution in [3.8, 4) is 0 Å². The van der Waals surface area contributed by atoms with E-state index in [0.29, 0.717) is 16.8 Å². The fraction of sp³-hybridized carbons (Fsp3) is 0.312. The van der Waals surface area contributed by atoms with Crippen molar-refractivity contribution in [3.05, 3.63) is 52.9 Å². The largest absolute Gasteiger partial charge is 0.469 e. The minimum absolute atomic E-state index is 0.0111. The summed E-state index contributed by atoms with van der Waals surface area (Å²) in [5.41, 5.74) is 1.34. The summed E-state index contributed by atoms with van der Waals surface area (Å²) in [7, 11) is 1.25. The second kappa shape index (κ2) is 7.67. The van der Waals surface area contributed by atoms with Gasteiger partial charge in [-0.05, 0) is 24.6 Å². The lowest BCUT2D eigenvalue weighted by Gasteiger charge is -2.22. The van der Waals surface area contributed by atoms with Gasteiger partial charge in [0.1, 0.15) is 0 Å². The molecule has 0 spiro atoms. The lowest BCUT2D eigenvalue weighted by Crippen LogP contribution is -2.33. The zero-order valence-electron chi connectivity index (χ0n) is 13.3. The molecular formula is C16H17F2N3O3. The number of carbonyl (C=O) groups is 2. The molecule has 0 aliphatic rings. The van der Waals surface area contributed by atoms with E-state index in [0.717, 1.165) is 12.1 Å². The molecule has 1 aromatic heterocycles. The number of aromatic amines is 1. The Balaban J connectivity index is 2.21. The number of aryl methyl sites for hydroxylation is 1. The number of carbonyl (C=O) groups excluding carboxylic acids is 2. The first-order valence-corrected chi connectivity index (χ1v) is 7.22. The Hall–Kier alpha value is -2.77. The predicted molar refractivity (Wildman–Crippen MR) is 81.1 cm³/mol. The summed E-state index contributed by atoms with van der Waals surface area (Å²) < 4.78 is 31.0. The van der Waals surface area contributed by atoms with Crippen LogP contribution in [-0.2, 0) is 16.1 Å². The SMILES string of the molecule is COC(=O)CCN(Cc1ccc(F)c(F)c1)C(=O)c1cn[nH]c1C. The van der Waals surface area contributed by atoms with Crippen molar-refractivity contribution in [2.45, 2.75) is 19.9 Å². The van der Waals surface area contributed by atoms with Gasteiger partial charge in [-0.25, -0.2) is 8.78 Å². The maximum atomic E-state index is 13.4. The van der Waals surface area contributed by atoms with Crippen LogP contribution in [-0.4, -0.2) is 40.6 Å². The Labute approximate surface area is 137 Å². The topological polar surface area (TPSA) is 75.3 Å². The first-order valence-electron chi connectivity index (χ1n) is 7.22. The van der Waals surface area contributed by atoms with Crippen LogP contribution >= 0.6 is 0 Å². The molecule has 0 radical (unpaired) electrons. The second-order valence-electron chi connectivity index (χ2n) is 5.21. The molecule has 0 aliphatic heterocycles. The number of rotatable bonds is 6. The van der Waals surface area contributed by atoms with E-state index < -0.39 is 17.6 Å². The number of nitrogens with one attached hydrogen (secondary N) is 1. The number of ether oxygens (including phenoxy) is 1. The predicted octanol–water partition coefficient (Wildman–Crippen LogP) is 2.20. The maximum Gasteiger partial charge on any atom is 0.307 e. The van der Waals surface area contributed by atoms with Crippen molar-refractivity contribution < 1.29 is 23.1 Å². The summed E-state index contributed by atoms with van der Waals surface area (Å²) >= 11 is 0. The molecule has 24 heavy (non-hydrogen) atoms. The maximum absolute atomic E-state index is 13.4. The minimum atomic E-state index is -0.993. The van der Waals surface area contributed by atoms with E-state index in [9.17, 15) is 18.4 Å². The van der Waals surface area contributed by atoms with Gasteiger partial charge < -0.3 is 9.64 Å². The molecule has 0 atom stereocenters. The quantitative estimate of drug-likeness (QED) is 0.820. The third-order valence-electron chi connectivity index (χ3n) is 3.52. The number of amides is 1. The summed E-state index contributed by atoms with van der Waals surface area (Å²) in [5, 5.41) is 6.46. The van der Waals surface area contributed by atoms with Crippen LogP contribution in [0.25, 0.3) is 0 Å². The van der Waals surface area contributed by atoms with Crippen molar-refractivity contribution in [2.75, 3.05) is 13.7 Å². The van der Waals surface area contributed by atoms with Gasteiger partial charge in [0.05, 0.1) is 25.3 Å². The molecule has 0 fully saturated rings. The molecule has 1 heterocycles. The Morgan fingerprint density at radius 2 is 2.04 bits per heavy atom. The van der Waals surface area contributed by atoms with E-state index in [-0.39, 0.29) is 25.4 Å². The average Bonchev–Trinajstić information content (AvgIpc) is 2.99. The Kier molecular flexibility index (Phi) is 5.62. The van der Waals surface area contributed by atoms with Crippen LogP contribution in [0.3, 0.4) is 0 Å². The van der Waals surface area contributed by atoms with Crippen molar-refractivity contribution in [3.63, 3.8) is 0 Å². The van der Waals surface area contributed by atoms with Crippen LogP contribution in [0.2, 0.25) is 0 Å². The zero-order chi connectivity index (χ0) is 17.7. The Morgan fingerprint density at radius 3 is 2.62 bits per heavy atom. The van der Waals surface area contributed by atoms with Gasteiger partial charge in [-0.2, -0.15) is 5.10 Å². The summed E-state index contributed by atoms with van der Waals surface area (Å²) in [4.78, 5) is 25.3. The summed E-state index contributed by atoms with van der Waals surface area (Å²) in [6, 6.07) is 3.41. The molecule has 0 saturated carbocycles. The van der Waals surface area contributed by atoms with Crippen LogP contribution in [0.15, 0.2) is 24.4 Å². The summed E-state index contributed by atoms with van der Waals surface area (Å²) in [6.07, 6.45) is 1.37. The molecule has 0 saturated heterocycles. The molecule has 0 aliphatic carbocycles. The second-order valence-corrected chi connectivity index (χ2v) is 5.21. The van der Waals surface area contributed by atoms with Crippen LogP contribution < -0.4 is 0 Å². The average molecular weight is 337 g/mol. The Bertz CT molecular complexity index is 746. The van der Waals surface area contributed by atoms with E-state index in [1.807, 2.05) is 0 Å². The standard InChI is InChI=1S/C16H17F2N3O3/c1-10-12(8-19-20-10)16(23)21(6-5-15(22)24-2)9-11-3-4-13(17)14(18)7-11/h3-4,7-8H,5-6,9H2,1-2H3,(H,19,20). The first-order chi connectivity index (χ1) is 11.4. The van der Waals surface area contributed by atoms with E-state index in [1.54, 1.807) is 6.92 Å². The molecular weight excluding hydrogens is 320 g/mol. The van der Waals surface area contributed by atoms with Gasteiger partial charge in [0.25, 0.3) is 5.91 Å². The summed E-state index contributed by atoms with van der Waals surface area (Å²) in [5.74, 6) is -2.79. The monoisotopic (exact) mass is 337 g/mol. The number of H-pyrrole nitrogens is 1. The molecule has 2 rings (SSSR count). The van der Waals surface area contributed by atoms with E-state index in [4.69, 9.17) is 0 Å². The highest BCUT2D eigenvalue weighted by Gasteiger charge is 2.21. The van der Waals surface area contributed by atoms with Crippen LogP contribution in [0.1, 0.15) is 28.0 Å². The number of benzene rings is 1. The highest BCUT2D eigenvalue weighted by molar-refractivity contribution is 5.95. The molecule has 2 aromatic rings. The van der Waals surface area contributed by atoms with Crippen molar-refractivity contribution >= 4 is 11.9 Å². The molecule has 6 nitrogen and oxygen atoms in total. The molecule has 8 heteroatoms. The normalized spacial score (nSPS) is 10.5. The van der Waals surface area contributed by atoms with Crippen LogP contribution in [0.4, 0.5) is 8.78 Å². The number of hydrogen-bond acceptors (Lipinski definition) is 4. The number of nitrogens with zero attached hydrogens (tertiary/aromatic N) is 2. The smallest absolute Gasteiger partial charge is 0.307 e. The minimum Gasteiger partial charge on any atom is -0.469 e. The van der Waals surface area contributed by atoms with Crippen LogP contribution in [0.5, 0.6) is 0 Å². The molecule has 0 bridgehead atoms. The number of esters is 1. The van der Waals surface area contributed by atoms with Crippen molar-refractivity contribution in [2.24, 2.45) is 0 Å². The summed E-state index contributed by atoms with van der Waals surface area (Å²) in [6.45, 7) is 1.79. The fourth-order valence-corrected chi connectivity index (χ4v) is 2.18. The molecule has 1 aromatic carbocycles. The van der Waals surface area contributed by atoms with Gasteiger partial charge in [-0.3, -0.25) is 14.7 Å². The zero-order valence-corrected chi connectivity index (χ0v) is 13.3. The van der Waals surface area contributed by atoms with E-state index in [1.165, 1.54) is 24.3 Å². The van der Waals surface area contributed by atoms with Gasteiger partial charge in [0, 0.05) is 18.8 Å². The third-order valence-corrected chi connectivity index (χ3v) is 3.52. The van der Waals surface area contributed by atoms with Gasteiger partial charge >= 0.3 is 5.97 Å². The third kappa shape index (κ3) is 4.15. The fourth-order valence-electron chi connectivity index (χ4n) is 2.18. The lowest BCUT2D eigenvalue weighted by atomic mass is 10.1. The molecule has 1 amide bonds. The number of methoxy groups -OCH3 is 1. The van der Waals surface area contributed by atoms with Crippen molar-refractivity contribution in [1.82, 2.24) is 15.1 Å². The number of aromatic nitrogens is 2. The van der Waals surface area contributed by atoms with Gasteiger partial charge in [0.15, 0.2) is 11.6 Å². The van der Waals surface area contributed by atoms with Gasteiger partial charge in [-0.15, -0.1) is 0 Å². The van der Waals surface area contributed by atoms with Crippen molar-refractivity contribution in [1.29, 1.82) is 0 Å². The highest BCUT2D eigenvalue weighted by atomic mass is 19.2. The number of hydrogen-bond donors (Lipinski definition) is 1. The van der Waals surface area contributed by atoms with E-state index >= 15 is 0 Å². The van der Waals surface area contributed by atoms with E-state index in [2.05, 4.69) is 14.9 Å². The molecule has 0 unspecified atom stereocenters. The van der Waals surface area contributed by atoms with Gasteiger partial charge in [-0.1, -0.05) is 6.07 Å². The Morgan fingerprint density at radius 1 is 1.29 bits per heavy atom. The van der Waals surface area contributed by atoms with Gasteiger partial charge in [0.2, 0.25) is 0 Å².